The van der Waals surface area contributed by atoms with Crippen molar-refractivity contribution >= 4 is 16.7 Å². The van der Waals surface area contributed by atoms with Gasteiger partial charge in [-0.25, -0.2) is 4.98 Å². The molecule has 1 saturated heterocycles. The average Bonchev–Trinajstić information content (AvgIpc) is 3.23. The lowest BCUT2D eigenvalue weighted by atomic mass is 9.90. The highest BCUT2D eigenvalue weighted by Gasteiger charge is 2.29. The first-order valence-corrected chi connectivity index (χ1v) is 11.2. The van der Waals surface area contributed by atoms with E-state index in [-0.39, 0.29) is 6.04 Å². The minimum absolute atomic E-state index is 0.190. The number of rotatable bonds is 4. The Labute approximate surface area is 178 Å². The fourth-order valence-corrected chi connectivity index (χ4v) is 4.98. The van der Waals surface area contributed by atoms with Gasteiger partial charge in [-0.05, 0) is 64.0 Å². The SMILES string of the molecule is C[C@H](c1nc2c(N3CCN(C)CC3)cccc2[nH]1)N(C)C1CCCc2cccnc21. The van der Waals surface area contributed by atoms with Crippen LogP contribution in [0.15, 0.2) is 36.5 Å². The summed E-state index contributed by atoms with van der Waals surface area (Å²) < 4.78 is 0. The second-order valence-electron chi connectivity index (χ2n) is 8.88. The summed E-state index contributed by atoms with van der Waals surface area (Å²) in [6.07, 6.45) is 5.44. The number of fused-ring (bicyclic) bond motifs is 2. The number of anilines is 1. The van der Waals surface area contributed by atoms with Crippen LogP contribution >= 0.6 is 0 Å². The van der Waals surface area contributed by atoms with Crippen LogP contribution in [-0.4, -0.2) is 65.0 Å². The van der Waals surface area contributed by atoms with E-state index in [0.717, 1.165) is 55.9 Å². The van der Waals surface area contributed by atoms with E-state index in [1.165, 1.54) is 23.4 Å². The quantitative estimate of drug-likeness (QED) is 0.717. The van der Waals surface area contributed by atoms with Gasteiger partial charge >= 0.3 is 0 Å². The van der Waals surface area contributed by atoms with Gasteiger partial charge in [0, 0.05) is 32.4 Å². The van der Waals surface area contributed by atoms with E-state index in [1.54, 1.807) is 0 Å². The fourth-order valence-electron chi connectivity index (χ4n) is 4.98. The van der Waals surface area contributed by atoms with Crippen LogP contribution in [0.5, 0.6) is 0 Å². The number of likely N-dealkylation sites (N-methyl/N-ethyl adjacent to an activating group) is 1. The van der Waals surface area contributed by atoms with E-state index in [4.69, 9.17) is 9.97 Å². The average molecular weight is 405 g/mol. The highest BCUT2D eigenvalue weighted by Crippen LogP contribution is 2.37. The summed E-state index contributed by atoms with van der Waals surface area (Å²) in [5.74, 6) is 1.04. The number of aromatic amines is 1. The summed E-state index contributed by atoms with van der Waals surface area (Å²) in [5.41, 5.74) is 6.12. The Morgan fingerprint density at radius 2 is 1.97 bits per heavy atom. The highest BCUT2D eigenvalue weighted by molar-refractivity contribution is 5.89. The molecular formula is C24H32N6. The predicted molar refractivity (Wildman–Crippen MR) is 122 cm³/mol. The number of nitrogens with one attached hydrogen (secondary N) is 1. The molecule has 6 heteroatoms. The van der Waals surface area contributed by atoms with Crippen molar-refractivity contribution in [1.82, 2.24) is 24.8 Å². The first kappa shape index (κ1) is 19.5. The van der Waals surface area contributed by atoms with E-state index in [2.05, 4.69) is 71.0 Å². The molecule has 30 heavy (non-hydrogen) atoms. The minimum atomic E-state index is 0.190. The van der Waals surface area contributed by atoms with Gasteiger partial charge in [0.1, 0.15) is 11.3 Å². The van der Waals surface area contributed by atoms with Crippen molar-refractivity contribution in [3.8, 4) is 0 Å². The Kier molecular flexibility index (Phi) is 5.21. The number of H-pyrrole nitrogens is 1. The summed E-state index contributed by atoms with van der Waals surface area (Å²) in [5, 5.41) is 0. The van der Waals surface area contributed by atoms with Crippen molar-refractivity contribution in [3.05, 3.63) is 53.6 Å². The zero-order valence-electron chi connectivity index (χ0n) is 18.3. The van der Waals surface area contributed by atoms with Crippen molar-refractivity contribution in [2.45, 2.75) is 38.3 Å². The van der Waals surface area contributed by atoms with Crippen LogP contribution in [0.25, 0.3) is 11.0 Å². The maximum Gasteiger partial charge on any atom is 0.124 e. The first-order valence-electron chi connectivity index (χ1n) is 11.2. The largest absolute Gasteiger partial charge is 0.367 e. The molecule has 0 spiro atoms. The van der Waals surface area contributed by atoms with Gasteiger partial charge in [-0.3, -0.25) is 9.88 Å². The molecule has 2 aromatic heterocycles. The molecule has 1 aliphatic heterocycles. The molecule has 0 saturated carbocycles. The third kappa shape index (κ3) is 3.48. The standard InChI is InChI=1S/C24H32N6/c1-17(29(3)20-10-4-7-18-8-6-12-25-22(18)20)24-26-19-9-5-11-21(23(19)27-24)30-15-13-28(2)14-16-30/h5-6,8-9,11-12,17,20H,4,7,10,13-16H2,1-3H3,(H,26,27)/t17-,20?/m1/s1. The third-order valence-corrected chi connectivity index (χ3v) is 7.02. The fraction of sp³-hybridized carbons (Fsp3) is 0.500. The number of aryl methyl sites for hydroxylation is 1. The summed E-state index contributed by atoms with van der Waals surface area (Å²) in [6, 6.07) is 11.3. The summed E-state index contributed by atoms with van der Waals surface area (Å²) >= 11 is 0. The van der Waals surface area contributed by atoms with E-state index in [9.17, 15) is 0 Å². The molecule has 3 aromatic rings. The maximum absolute atomic E-state index is 5.11. The molecule has 1 fully saturated rings. The van der Waals surface area contributed by atoms with Crippen LogP contribution in [0.4, 0.5) is 5.69 Å². The predicted octanol–water partition coefficient (Wildman–Crippen LogP) is 3.78. The molecule has 0 bridgehead atoms. The number of benzene rings is 1. The Bertz CT molecular complexity index is 1020. The van der Waals surface area contributed by atoms with Crippen molar-refractivity contribution in [2.75, 3.05) is 45.2 Å². The van der Waals surface area contributed by atoms with Crippen molar-refractivity contribution < 1.29 is 0 Å². The number of nitrogens with zero attached hydrogens (tertiary/aromatic N) is 5. The number of para-hydroxylation sites is 1. The molecular weight excluding hydrogens is 372 g/mol. The van der Waals surface area contributed by atoms with Crippen LogP contribution in [0, 0.1) is 0 Å². The zero-order chi connectivity index (χ0) is 20.7. The summed E-state index contributed by atoms with van der Waals surface area (Å²) in [4.78, 5) is 20.8. The maximum atomic E-state index is 5.11. The van der Waals surface area contributed by atoms with Gasteiger partial charge in [-0.1, -0.05) is 12.1 Å². The highest BCUT2D eigenvalue weighted by atomic mass is 15.3. The van der Waals surface area contributed by atoms with Gasteiger partial charge < -0.3 is 14.8 Å². The molecule has 6 nitrogen and oxygen atoms in total. The Hall–Kier alpha value is -2.44. The number of piperazine rings is 1. The van der Waals surface area contributed by atoms with Crippen LogP contribution in [0.1, 0.15) is 48.9 Å². The zero-order valence-corrected chi connectivity index (χ0v) is 18.3. The van der Waals surface area contributed by atoms with Crippen molar-refractivity contribution in [1.29, 1.82) is 0 Å². The van der Waals surface area contributed by atoms with Crippen molar-refractivity contribution in [3.63, 3.8) is 0 Å². The van der Waals surface area contributed by atoms with Crippen LogP contribution in [0.2, 0.25) is 0 Å². The lowest BCUT2D eigenvalue weighted by Gasteiger charge is -2.35. The smallest absolute Gasteiger partial charge is 0.124 e. The number of hydrogen-bond acceptors (Lipinski definition) is 5. The molecule has 5 rings (SSSR count). The van der Waals surface area contributed by atoms with Crippen LogP contribution < -0.4 is 4.90 Å². The normalized spacial score (nSPS) is 21.2. The Balaban J connectivity index is 1.43. The van der Waals surface area contributed by atoms with Gasteiger partial charge in [-0.15, -0.1) is 0 Å². The molecule has 2 atom stereocenters. The monoisotopic (exact) mass is 404 g/mol. The van der Waals surface area contributed by atoms with Crippen LogP contribution in [0.3, 0.4) is 0 Å². The summed E-state index contributed by atoms with van der Waals surface area (Å²) in [6.45, 7) is 6.56. The summed E-state index contributed by atoms with van der Waals surface area (Å²) in [7, 11) is 4.41. The number of aromatic nitrogens is 3. The van der Waals surface area contributed by atoms with Gasteiger partial charge in [0.25, 0.3) is 0 Å². The molecule has 0 radical (unpaired) electrons. The lowest BCUT2D eigenvalue weighted by Crippen LogP contribution is -2.44. The van der Waals surface area contributed by atoms with Gasteiger partial charge in [0.05, 0.1) is 29.0 Å². The third-order valence-electron chi connectivity index (χ3n) is 7.02. The molecule has 1 aliphatic carbocycles. The molecule has 0 amide bonds. The first-order chi connectivity index (χ1) is 14.6. The van der Waals surface area contributed by atoms with Gasteiger partial charge in [0.15, 0.2) is 0 Å². The Morgan fingerprint density at radius 3 is 2.80 bits per heavy atom. The second-order valence-corrected chi connectivity index (χ2v) is 8.88. The minimum Gasteiger partial charge on any atom is -0.367 e. The molecule has 1 N–H and O–H groups in total. The van der Waals surface area contributed by atoms with E-state index in [0.29, 0.717) is 6.04 Å². The van der Waals surface area contributed by atoms with E-state index < -0.39 is 0 Å². The number of hydrogen-bond donors (Lipinski definition) is 1. The van der Waals surface area contributed by atoms with E-state index >= 15 is 0 Å². The van der Waals surface area contributed by atoms with E-state index in [1.807, 2.05) is 6.20 Å². The van der Waals surface area contributed by atoms with Gasteiger partial charge in [0.2, 0.25) is 0 Å². The van der Waals surface area contributed by atoms with Gasteiger partial charge in [-0.2, -0.15) is 0 Å². The topological polar surface area (TPSA) is 51.3 Å². The van der Waals surface area contributed by atoms with Crippen molar-refractivity contribution in [2.24, 2.45) is 0 Å². The molecule has 3 heterocycles. The lowest BCUT2D eigenvalue weighted by molar-refractivity contribution is 0.159. The molecule has 2 aliphatic rings. The Morgan fingerprint density at radius 1 is 1.13 bits per heavy atom. The molecule has 1 aromatic carbocycles. The molecule has 158 valence electrons. The molecule has 1 unspecified atom stereocenters. The second kappa shape index (κ2) is 8.00. The number of imidazole rings is 1. The van der Waals surface area contributed by atoms with Crippen LogP contribution in [-0.2, 0) is 6.42 Å². The number of pyridine rings is 1.